The summed E-state index contributed by atoms with van der Waals surface area (Å²) < 4.78 is 0. The highest BCUT2D eigenvalue weighted by atomic mass is 16.4. The Morgan fingerprint density at radius 1 is 1.44 bits per heavy atom. The van der Waals surface area contributed by atoms with Crippen LogP contribution in [0.3, 0.4) is 0 Å². The van der Waals surface area contributed by atoms with Crippen molar-refractivity contribution >= 4 is 17.8 Å². The number of nitrogens with zero attached hydrogens (tertiary/aromatic N) is 2. The number of carboxylic acid groups (broad SMARTS) is 2. The Balaban J connectivity index is 2.65. The first kappa shape index (κ1) is 11.6. The smallest absolute Gasteiger partial charge is 0.326 e. The van der Waals surface area contributed by atoms with Gasteiger partial charge in [0.05, 0.1) is 6.42 Å². The van der Waals surface area contributed by atoms with Gasteiger partial charge in [-0.05, 0) is 0 Å². The van der Waals surface area contributed by atoms with Crippen LogP contribution in [0.2, 0.25) is 0 Å². The van der Waals surface area contributed by atoms with Crippen molar-refractivity contribution < 1.29 is 24.6 Å². The van der Waals surface area contributed by atoms with Crippen LogP contribution in [-0.2, 0) is 9.59 Å². The number of carbonyl (C=O) groups excluding carboxylic acids is 1. The van der Waals surface area contributed by atoms with Crippen molar-refractivity contribution in [1.29, 1.82) is 0 Å². The van der Waals surface area contributed by atoms with Gasteiger partial charge in [0.15, 0.2) is 0 Å². The Morgan fingerprint density at radius 2 is 2.12 bits per heavy atom. The normalized spacial score (nSPS) is 11.8. The Bertz CT molecular complexity index is 401. The molecule has 1 aromatic rings. The second-order valence-corrected chi connectivity index (χ2v) is 2.80. The number of carbonyl (C=O) groups is 3. The van der Waals surface area contributed by atoms with E-state index in [1.165, 1.54) is 0 Å². The second-order valence-electron chi connectivity index (χ2n) is 2.80. The van der Waals surface area contributed by atoms with E-state index in [4.69, 9.17) is 10.2 Å². The number of hydrogen-bond donors (Lipinski definition) is 4. The molecule has 0 bridgehead atoms. The minimum absolute atomic E-state index is 0.184. The number of rotatable bonds is 5. The van der Waals surface area contributed by atoms with E-state index in [2.05, 4.69) is 15.2 Å². The number of aromatic amines is 1. The van der Waals surface area contributed by atoms with Crippen LogP contribution in [-0.4, -0.2) is 49.3 Å². The minimum atomic E-state index is -1.50. The van der Waals surface area contributed by atoms with E-state index in [0.717, 1.165) is 6.33 Å². The third-order valence-electron chi connectivity index (χ3n) is 1.61. The Labute approximate surface area is 88.5 Å². The van der Waals surface area contributed by atoms with Gasteiger partial charge in [0, 0.05) is 0 Å². The third-order valence-corrected chi connectivity index (χ3v) is 1.61. The predicted octanol–water partition coefficient (Wildman–Crippen LogP) is -1.54. The van der Waals surface area contributed by atoms with Crippen LogP contribution in [0.5, 0.6) is 0 Å². The van der Waals surface area contributed by atoms with Gasteiger partial charge < -0.3 is 15.5 Å². The summed E-state index contributed by atoms with van der Waals surface area (Å²) in [6, 6.07) is -1.50. The maximum absolute atomic E-state index is 11.3. The zero-order valence-corrected chi connectivity index (χ0v) is 7.88. The van der Waals surface area contributed by atoms with Crippen LogP contribution >= 0.6 is 0 Å². The molecule has 0 fully saturated rings. The zero-order chi connectivity index (χ0) is 12.1. The van der Waals surface area contributed by atoms with Crippen molar-refractivity contribution in [2.75, 3.05) is 0 Å². The molecule has 0 unspecified atom stereocenters. The van der Waals surface area contributed by atoms with Crippen molar-refractivity contribution in [2.24, 2.45) is 0 Å². The number of nitrogens with one attached hydrogen (secondary N) is 2. The molecule has 1 aromatic heterocycles. The minimum Gasteiger partial charge on any atom is -0.481 e. The lowest BCUT2D eigenvalue weighted by atomic mass is 10.2. The van der Waals surface area contributed by atoms with Crippen LogP contribution in [0.15, 0.2) is 6.33 Å². The molecule has 9 nitrogen and oxygen atoms in total. The summed E-state index contributed by atoms with van der Waals surface area (Å²) in [6.07, 6.45) is 0.358. The van der Waals surface area contributed by atoms with Gasteiger partial charge in [0.1, 0.15) is 12.4 Å². The molecule has 0 saturated carbocycles. The summed E-state index contributed by atoms with van der Waals surface area (Å²) in [5, 5.41) is 24.7. The number of amides is 1. The monoisotopic (exact) mass is 228 g/mol. The van der Waals surface area contributed by atoms with Crippen molar-refractivity contribution in [3.63, 3.8) is 0 Å². The highest BCUT2D eigenvalue weighted by molar-refractivity contribution is 5.94. The highest BCUT2D eigenvalue weighted by Crippen LogP contribution is 1.95. The molecule has 0 aliphatic rings. The quantitative estimate of drug-likeness (QED) is 0.477. The Kier molecular flexibility index (Phi) is 3.53. The summed E-state index contributed by atoms with van der Waals surface area (Å²) >= 11 is 0. The number of H-pyrrole nitrogens is 1. The molecule has 86 valence electrons. The molecule has 16 heavy (non-hydrogen) atoms. The lowest BCUT2D eigenvalue weighted by molar-refractivity contribution is -0.145. The molecule has 0 saturated heterocycles. The maximum Gasteiger partial charge on any atom is 0.326 e. The largest absolute Gasteiger partial charge is 0.481 e. The fourth-order valence-electron chi connectivity index (χ4n) is 0.916. The summed E-state index contributed by atoms with van der Waals surface area (Å²) in [5.41, 5.74) is 0. The van der Waals surface area contributed by atoms with Crippen LogP contribution < -0.4 is 5.32 Å². The van der Waals surface area contributed by atoms with Crippen LogP contribution in [0, 0.1) is 0 Å². The van der Waals surface area contributed by atoms with Crippen molar-refractivity contribution in [1.82, 2.24) is 20.5 Å². The van der Waals surface area contributed by atoms with Gasteiger partial charge in [-0.15, -0.1) is 0 Å². The van der Waals surface area contributed by atoms with E-state index in [1.54, 1.807) is 0 Å². The SMILES string of the molecule is O=C(O)C[C@@H](NC(=O)c1ncn[nH]1)C(=O)O. The van der Waals surface area contributed by atoms with E-state index in [9.17, 15) is 14.4 Å². The Hall–Kier alpha value is -2.45. The lowest BCUT2D eigenvalue weighted by Gasteiger charge is -2.10. The van der Waals surface area contributed by atoms with E-state index >= 15 is 0 Å². The van der Waals surface area contributed by atoms with Crippen LogP contribution in [0.4, 0.5) is 0 Å². The molecule has 1 rings (SSSR count). The fourth-order valence-corrected chi connectivity index (χ4v) is 0.916. The van der Waals surface area contributed by atoms with Gasteiger partial charge in [-0.3, -0.25) is 14.7 Å². The predicted molar refractivity (Wildman–Crippen MR) is 47.5 cm³/mol. The topological polar surface area (TPSA) is 145 Å². The molecule has 1 heterocycles. The summed E-state index contributed by atoms with van der Waals surface area (Å²) in [6.45, 7) is 0. The Morgan fingerprint density at radius 3 is 2.56 bits per heavy atom. The van der Waals surface area contributed by atoms with Crippen molar-refractivity contribution in [3.05, 3.63) is 12.2 Å². The van der Waals surface area contributed by atoms with Crippen LogP contribution in [0.25, 0.3) is 0 Å². The van der Waals surface area contributed by atoms with Gasteiger partial charge in [-0.25, -0.2) is 9.78 Å². The zero-order valence-electron chi connectivity index (χ0n) is 7.88. The molecule has 0 aromatic carbocycles. The van der Waals surface area contributed by atoms with Gasteiger partial charge in [0.25, 0.3) is 5.91 Å². The standard InChI is InChI=1S/C7H8N4O5/c12-4(13)1-3(7(15)16)10-6(14)5-8-2-9-11-5/h2-3H,1H2,(H,10,14)(H,12,13)(H,15,16)(H,8,9,11)/t3-/m1/s1. The molecule has 0 aliphatic heterocycles. The van der Waals surface area contributed by atoms with Gasteiger partial charge in [-0.1, -0.05) is 0 Å². The molecule has 0 radical (unpaired) electrons. The van der Waals surface area contributed by atoms with Crippen molar-refractivity contribution in [3.8, 4) is 0 Å². The van der Waals surface area contributed by atoms with Gasteiger partial charge in [-0.2, -0.15) is 5.10 Å². The van der Waals surface area contributed by atoms with E-state index in [1.807, 2.05) is 5.32 Å². The lowest BCUT2D eigenvalue weighted by Crippen LogP contribution is -2.42. The average Bonchev–Trinajstić information content (AvgIpc) is 2.68. The molecule has 4 N–H and O–H groups in total. The maximum atomic E-state index is 11.3. The highest BCUT2D eigenvalue weighted by Gasteiger charge is 2.24. The molecule has 0 aliphatic carbocycles. The number of hydrogen-bond acceptors (Lipinski definition) is 5. The average molecular weight is 228 g/mol. The number of carboxylic acids is 2. The van der Waals surface area contributed by atoms with E-state index in [0.29, 0.717) is 0 Å². The molecule has 1 atom stereocenters. The summed E-state index contributed by atoms with van der Waals surface area (Å²) in [5.74, 6) is -3.77. The first-order chi connectivity index (χ1) is 7.50. The van der Waals surface area contributed by atoms with Crippen LogP contribution in [0.1, 0.15) is 17.0 Å². The fraction of sp³-hybridized carbons (Fsp3) is 0.286. The molecule has 0 spiro atoms. The third kappa shape index (κ3) is 3.04. The molecular weight excluding hydrogens is 220 g/mol. The number of aromatic nitrogens is 3. The van der Waals surface area contributed by atoms with E-state index < -0.39 is 30.3 Å². The first-order valence-corrected chi connectivity index (χ1v) is 4.11. The van der Waals surface area contributed by atoms with Crippen molar-refractivity contribution in [2.45, 2.75) is 12.5 Å². The first-order valence-electron chi connectivity index (χ1n) is 4.11. The summed E-state index contributed by atoms with van der Waals surface area (Å²) in [4.78, 5) is 35.7. The second kappa shape index (κ2) is 4.87. The molecule has 1 amide bonds. The van der Waals surface area contributed by atoms with Gasteiger partial charge >= 0.3 is 11.9 Å². The summed E-state index contributed by atoms with van der Waals surface area (Å²) in [7, 11) is 0. The van der Waals surface area contributed by atoms with E-state index in [-0.39, 0.29) is 5.82 Å². The molecular formula is C7H8N4O5. The number of aliphatic carboxylic acids is 2. The van der Waals surface area contributed by atoms with Gasteiger partial charge in [0.2, 0.25) is 5.82 Å². The molecule has 9 heteroatoms.